The lowest BCUT2D eigenvalue weighted by Crippen LogP contribution is -2.29. The first kappa shape index (κ1) is 16.2. The van der Waals surface area contributed by atoms with Gasteiger partial charge in [0.2, 0.25) is 5.91 Å². The van der Waals surface area contributed by atoms with Crippen molar-refractivity contribution in [2.45, 2.75) is 25.9 Å². The zero-order valence-electron chi connectivity index (χ0n) is 11.9. The molecule has 0 aliphatic rings. The third-order valence-electron chi connectivity index (χ3n) is 2.72. The van der Waals surface area contributed by atoms with Gasteiger partial charge < -0.3 is 15.8 Å². The predicted molar refractivity (Wildman–Crippen MR) is 76.7 cm³/mol. The van der Waals surface area contributed by atoms with Gasteiger partial charge in [-0.3, -0.25) is 4.79 Å². The van der Waals surface area contributed by atoms with E-state index >= 15 is 0 Å². The Kier molecular flexibility index (Phi) is 5.68. The van der Waals surface area contributed by atoms with Crippen LogP contribution >= 0.6 is 0 Å². The summed E-state index contributed by atoms with van der Waals surface area (Å²) in [7, 11) is 1.54. The molecule has 0 unspecified atom stereocenters. The van der Waals surface area contributed by atoms with Crippen molar-refractivity contribution in [3.8, 4) is 11.8 Å². The van der Waals surface area contributed by atoms with E-state index < -0.39 is 11.4 Å². The summed E-state index contributed by atoms with van der Waals surface area (Å²) in [4.78, 5) is 11.9. The zero-order chi connectivity index (χ0) is 15.2. The number of amides is 1. The normalized spacial score (nSPS) is 10.7. The van der Waals surface area contributed by atoms with Crippen LogP contribution in [0.2, 0.25) is 0 Å². The number of ether oxygens (including phenoxy) is 1. The highest BCUT2D eigenvalue weighted by Crippen LogP contribution is 2.19. The molecule has 0 bridgehead atoms. The Morgan fingerprint density at radius 3 is 2.80 bits per heavy atom. The van der Waals surface area contributed by atoms with Gasteiger partial charge in [0.05, 0.1) is 29.8 Å². The van der Waals surface area contributed by atoms with Crippen molar-refractivity contribution in [1.29, 1.82) is 0 Å². The predicted octanol–water partition coefficient (Wildman–Crippen LogP) is 1.89. The van der Waals surface area contributed by atoms with E-state index in [4.69, 9.17) is 10.5 Å². The zero-order valence-corrected chi connectivity index (χ0v) is 11.9. The second-order valence-corrected chi connectivity index (χ2v) is 4.88. The number of carbonyl (C=O) groups excluding carboxylic acids is 1. The van der Waals surface area contributed by atoms with Crippen molar-refractivity contribution in [3.63, 3.8) is 0 Å². The molecule has 3 N–H and O–H groups in total. The van der Waals surface area contributed by atoms with Crippen LogP contribution in [0.5, 0.6) is 0 Å². The topological polar surface area (TPSA) is 64.3 Å². The lowest BCUT2D eigenvalue weighted by molar-refractivity contribution is -0.121. The van der Waals surface area contributed by atoms with Crippen LogP contribution in [-0.4, -0.2) is 25.2 Å². The molecule has 0 aliphatic heterocycles. The van der Waals surface area contributed by atoms with Crippen LogP contribution in [0.1, 0.15) is 25.8 Å². The Labute approximate surface area is 118 Å². The van der Waals surface area contributed by atoms with Gasteiger partial charge in [0, 0.05) is 7.11 Å². The van der Waals surface area contributed by atoms with E-state index in [1.807, 2.05) is 13.8 Å². The summed E-state index contributed by atoms with van der Waals surface area (Å²) in [5.41, 5.74) is 5.60. The van der Waals surface area contributed by atoms with E-state index in [0.29, 0.717) is 11.3 Å². The summed E-state index contributed by atoms with van der Waals surface area (Å²) in [6, 6.07) is 4.01. The van der Waals surface area contributed by atoms with Crippen LogP contribution in [0.4, 0.5) is 10.1 Å². The number of rotatable bonds is 4. The Bertz CT molecular complexity index is 545. The maximum Gasteiger partial charge on any atom is 0.227 e. The molecule has 108 valence electrons. The Balaban J connectivity index is 2.89. The van der Waals surface area contributed by atoms with Gasteiger partial charge in [-0.05, 0) is 32.0 Å². The lowest BCUT2D eigenvalue weighted by Gasteiger charge is -2.22. The summed E-state index contributed by atoms with van der Waals surface area (Å²) in [6.45, 7) is 3.79. The third kappa shape index (κ3) is 5.00. The van der Waals surface area contributed by atoms with E-state index in [1.54, 1.807) is 7.11 Å². The maximum atomic E-state index is 13.2. The van der Waals surface area contributed by atoms with Crippen LogP contribution in [0.15, 0.2) is 18.2 Å². The van der Waals surface area contributed by atoms with E-state index in [9.17, 15) is 9.18 Å². The van der Waals surface area contributed by atoms with Gasteiger partial charge in [-0.1, -0.05) is 11.8 Å². The summed E-state index contributed by atoms with van der Waals surface area (Å²) in [5, 5.41) is 2.71. The van der Waals surface area contributed by atoms with Crippen LogP contribution < -0.4 is 11.1 Å². The minimum atomic E-state index is -0.562. The second-order valence-electron chi connectivity index (χ2n) is 4.88. The van der Waals surface area contributed by atoms with Crippen LogP contribution in [0.3, 0.4) is 0 Å². The number of nitrogens with two attached hydrogens (primary N) is 1. The molecule has 1 rings (SSSR count). The summed E-state index contributed by atoms with van der Waals surface area (Å²) in [6.07, 6.45) is 0.185. The molecule has 1 aromatic rings. The summed E-state index contributed by atoms with van der Waals surface area (Å²) >= 11 is 0. The fourth-order valence-corrected chi connectivity index (χ4v) is 1.53. The first-order valence-electron chi connectivity index (χ1n) is 6.21. The number of nitrogens with one attached hydrogen (secondary N) is 1. The summed E-state index contributed by atoms with van der Waals surface area (Å²) < 4.78 is 18.4. The van der Waals surface area contributed by atoms with Crippen LogP contribution in [0.25, 0.3) is 0 Å². The van der Waals surface area contributed by atoms with Gasteiger partial charge in [-0.15, -0.1) is 0 Å². The number of carbonyl (C=O) groups is 1. The number of halogens is 1. The number of hydrogen-bond donors (Lipinski definition) is 2. The third-order valence-corrected chi connectivity index (χ3v) is 2.72. The first-order valence-corrected chi connectivity index (χ1v) is 6.21. The SMILES string of the molecule is COC(C)(C)CC(=O)Nc1ccc(F)cc1C#CCN. The van der Waals surface area contributed by atoms with E-state index in [2.05, 4.69) is 17.2 Å². The molecule has 0 atom stereocenters. The van der Waals surface area contributed by atoms with E-state index in [-0.39, 0.29) is 18.9 Å². The van der Waals surface area contributed by atoms with E-state index in [0.717, 1.165) is 0 Å². The molecule has 4 nitrogen and oxygen atoms in total. The molecule has 0 aromatic heterocycles. The van der Waals surface area contributed by atoms with Gasteiger partial charge in [0.25, 0.3) is 0 Å². The lowest BCUT2D eigenvalue weighted by atomic mass is 10.0. The van der Waals surface area contributed by atoms with Crippen molar-refractivity contribution in [2.75, 3.05) is 19.0 Å². The smallest absolute Gasteiger partial charge is 0.227 e. The van der Waals surface area contributed by atoms with Crippen molar-refractivity contribution in [2.24, 2.45) is 5.73 Å². The Hall–Kier alpha value is -1.90. The molecular weight excluding hydrogens is 259 g/mol. The standard InChI is InChI=1S/C15H19FN2O2/c1-15(2,20-3)10-14(19)18-13-7-6-12(16)9-11(13)5-4-8-17/h6-7,9H,8,10,17H2,1-3H3,(H,18,19). The van der Waals surface area contributed by atoms with Gasteiger partial charge in [-0.25, -0.2) is 4.39 Å². The number of anilines is 1. The van der Waals surface area contributed by atoms with Gasteiger partial charge >= 0.3 is 0 Å². The highest BCUT2D eigenvalue weighted by molar-refractivity contribution is 5.92. The highest BCUT2D eigenvalue weighted by Gasteiger charge is 2.21. The highest BCUT2D eigenvalue weighted by atomic mass is 19.1. The fourth-order valence-electron chi connectivity index (χ4n) is 1.53. The minimum Gasteiger partial charge on any atom is -0.378 e. The molecule has 20 heavy (non-hydrogen) atoms. The average molecular weight is 278 g/mol. The average Bonchev–Trinajstić information content (AvgIpc) is 2.38. The van der Waals surface area contributed by atoms with Gasteiger partial charge in [0.1, 0.15) is 5.82 Å². The molecule has 0 radical (unpaired) electrons. The molecule has 0 heterocycles. The van der Waals surface area contributed by atoms with Crippen molar-refractivity contribution in [1.82, 2.24) is 0 Å². The number of benzene rings is 1. The molecule has 0 saturated carbocycles. The van der Waals surface area contributed by atoms with Crippen molar-refractivity contribution in [3.05, 3.63) is 29.6 Å². The molecular formula is C15H19FN2O2. The van der Waals surface area contributed by atoms with Gasteiger partial charge in [0.15, 0.2) is 0 Å². The minimum absolute atomic E-state index is 0.167. The monoisotopic (exact) mass is 278 g/mol. The Morgan fingerprint density at radius 1 is 1.50 bits per heavy atom. The molecule has 0 aliphatic carbocycles. The molecule has 5 heteroatoms. The first-order chi connectivity index (χ1) is 9.38. The van der Waals surface area contributed by atoms with Crippen molar-refractivity contribution < 1.29 is 13.9 Å². The number of methoxy groups -OCH3 is 1. The summed E-state index contributed by atoms with van der Waals surface area (Å²) in [5.74, 6) is 4.74. The number of hydrogen-bond acceptors (Lipinski definition) is 3. The maximum absolute atomic E-state index is 13.2. The molecule has 0 saturated heterocycles. The van der Waals surface area contributed by atoms with Crippen LogP contribution in [0, 0.1) is 17.7 Å². The molecule has 1 amide bonds. The molecule has 1 aromatic carbocycles. The fraction of sp³-hybridized carbons (Fsp3) is 0.400. The Morgan fingerprint density at radius 2 is 2.20 bits per heavy atom. The van der Waals surface area contributed by atoms with Crippen molar-refractivity contribution >= 4 is 11.6 Å². The second kappa shape index (κ2) is 7.04. The molecule has 0 spiro atoms. The van der Waals surface area contributed by atoms with Crippen LogP contribution in [-0.2, 0) is 9.53 Å². The largest absolute Gasteiger partial charge is 0.378 e. The van der Waals surface area contributed by atoms with Gasteiger partial charge in [-0.2, -0.15) is 0 Å². The van der Waals surface area contributed by atoms with E-state index in [1.165, 1.54) is 18.2 Å². The quantitative estimate of drug-likeness (QED) is 0.827. The molecule has 0 fully saturated rings.